The second kappa shape index (κ2) is 6.44. The maximum atomic E-state index is 12.4. The highest BCUT2D eigenvalue weighted by atomic mass is 16.6. The Bertz CT molecular complexity index is 701. The zero-order valence-corrected chi connectivity index (χ0v) is 14.0. The number of hydrogen-bond donors (Lipinski definition) is 0. The molecule has 3 rings (SSSR count). The second-order valence-corrected chi connectivity index (χ2v) is 6.33. The van der Waals surface area contributed by atoms with Gasteiger partial charge in [-0.05, 0) is 38.8 Å². The Morgan fingerprint density at radius 1 is 1.13 bits per heavy atom. The number of nitrogens with zero attached hydrogens (tertiary/aromatic N) is 3. The van der Waals surface area contributed by atoms with Crippen molar-refractivity contribution in [2.24, 2.45) is 0 Å². The minimum atomic E-state index is -0.253. The zero-order chi connectivity index (χ0) is 16.4. The number of aryl methyl sites for hydroxylation is 4. The lowest BCUT2D eigenvalue weighted by atomic mass is 10.1. The average Bonchev–Trinajstić information content (AvgIpc) is 2.70. The molecular weight excluding hydrogens is 290 g/mol. The summed E-state index contributed by atoms with van der Waals surface area (Å²) in [4.78, 5) is 14.2. The first-order valence-electron chi connectivity index (χ1n) is 8.03. The van der Waals surface area contributed by atoms with E-state index in [4.69, 9.17) is 4.74 Å². The summed E-state index contributed by atoms with van der Waals surface area (Å²) in [7, 11) is 0. The van der Waals surface area contributed by atoms with E-state index in [9.17, 15) is 4.79 Å². The van der Waals surface area contributed by atoms with E-state index in [0.29, 0.717) is 19.7 Å². The van der Waals surface area contributed by atoms with Crippen molar-refractivity contribution in [3.05, 3.63) is 52.3 Å². The monoisotopic (exact) mass is 313 g/mol. The Balaban J connectivity index is 1.64. The van der Waals surface area contributed by atoms with Gasteiger partial charge in [-0.2, -0.15) is 5.10 Å². The molecule has 0 bridgehead atoms. The van der Waals surface area contributed by atoms with E-state index in [-0.39, 0.29) is 6.09 Å². The Morgan fingerprint density at radius 2 is 1.87 bits per heavy atom. The summed E-state index contributed by atoms with van der Waals surface area (Å²) in [6.45, 7) is 8.51. The summed E-state index contributed by atoms with van der Waals surface area (Å²) in [6, 6.07) is 8.27. The maximum absolute atomic E-state index is 12.4. The molecule has 5 heteroatoms. The van der Waals surface area contributed by atoms with E-state index in [2.05, 4.69) is 37.1 Å². The van der Waals surface area contributed by atoms with Crippen molar-refractivity contribution in [2.75, 3.05) is 6.54 Å². The minimum absolute atomic E-state index is 0.253. The molecule has 0 radical (unpaired) electrons. The van der Waals surface area contributed by atoms with Gasteiger partial charge in [-0.25, -0.2) is 4.79 Å². The zero-order valence-electron chi connectivity index (χ0n) is 14.0. The van der Waals surface area contributed by atoms with E-state index in [1.54, 1.807) is 4.90 Å². The van der Waals surface area contributed by atoms with Crippen molar-refractivity contribution < 1.29 is 9.53 Å². The summed E-state index contributed by atoms with van der Waals surface area (Å²) in [5, 5.41) is 4.46. The number of ether oxygens (including phenoxy) is 1. The van der Waals surface area contributed by atoms with Crippen molar-refractivity contribution in [1.29, 1.82) is 0 Å². The van der Waals surface area contributed by atoms with Crippen molar-refractivity contribution in [2.45, 2.75) is 46.9 Å². The highest BCUT2D eigenvalue weighted by Gasteiger charge is 2.21. The fraction of sp³-hybridized carbons (Fsp3) is 0.444. The quantitative estimate of drug-likeness (QED) is 0.854. The SMILES string of the molecule is Cc1cc(C)cc(COC(=O)N2CCCn3nc(C)cc3C2)c1. The van der Waals surface area contributed by atoms with Gasteiger partial charge in [0.15, 0.2) is 0 Å². The molecule has 23 heavy (non-hydrogen) atoms. The topological polar surface area (TPSA) is 47.4 Å². The maximum Gasteiger partial charge on any atom is 0.410 e. The number of fused-ring (bicyclic) bond motifs is 1. The number of amides is 1. The third-order valence-electron chi connectivity index (χ3n) is 4.04. The molecule has 1 amide bonds. The van der Waals surface area contributed by atoms with E-state index in [0.717, 1.165) is 29.9 Å². The van der Waals surface area contributed by atoms with Gasteiger partial charge in [0, 0.05) is 13.1 Å². The minimum Gasteiger partial charge on any atom is -0.445 e. The van der Waals surface area contributed by atoms with Gasteiger partial charge in [-0.1, -0.05) is 29.3 Å². The number of benzene rings is 1. The number of hydrogen-bond acceptors (Lipinski definition) is 3. The van der Waals surface area contributed by atoms with Gasteiger partial charge in [0.25, 0.3) is 0 Å². The molecule has 1 aromatic carbocycles. The average molecular weight is 313 g/mol. The first-order valence-corrected chi connectivity index (χ1v) is 8.03. The van der Waals surface area contributed by atoms with Crippen LogP contribution in [-0.4, -0.2) is 27.3 Å². The predicted octanol–water partition coefficient (Wildman–Crippen LogP) is 3.35. The van der Waals surface area contributed by atoms with Gasteiger partial charge in [0.1, 0.15) is 6.61 Å². The molecule has 1 aliphatic rings. The molecule has 0 saturated carbocycles. The summed E-state index contributed by atoms with van der Waals surface area (Å²) < 4.78 is 7.50. The van der Waals surface area contributed by atoms with E-state index >= 15 is 0 Å². The van der Waals surface area contributed by atoms with Crippen LogP contribution in [0.25, 0.3) is 0 Å². The summed E-state index contributed by atoms with van der Waals surface area (Å²) in [5.41, 5.74) is 5.47. The molecule has 2 heterocycles. The molecular formula is C18H23N3O2. The van der Waals surface area contributed by atoms with Crippen LogP contribution >= 0.6 is 0 Å². The van der Waals surface area contributed by atoms with Crippen molar-refractivity contribution in [3.63, 3.8) is 0 Å². The van der Waals surface area contributed by atoms with Crippen LogP contribution in [0.3, 0.4) is 0 Å². The molecule has 0 spiro atoms. The van der Waals surface area contributed by atoms with Gasteiger partial charge < -0.3 is 9.64 Å². The largest absolute Gasteiger partial charge is 0.445 e. The second-order valence-electron chi connectivity index (χ2n) is 6.33. The lowest BCUT2D eigenvalue weighted by Crippen LogP contribution is -2.31. The Hall–Kier alpha value is -2.30. The van der Waals surface area contributed by atoms with E-state index in [1.165, 1.54) is 11.1 Å². The molecule has 0 atom stereocenters. The van der Waals surface area contributed by atoms with Gasteiger partial charge in [-0.3, -0.25) is 4.68 Å². The molecule has 0 saturated heterocycles. The van der Waals surface area contributed by atoms with Gasteiger partial charge in [0.05, 0.1) is 17.9 Å². The normalized spacial score (nSPS) is 14.3. The summed E-state index contributed by atoms with van der Waals surface area (Å²) in [5.74, 6) is 0. The third kappa shape index (κ3) is 3.73. The molecule has 0 unspecified atom stereocenters. The highest BCUT2D eigenvalue weighted by Crippen LogP contribution is 2.15. The predicted molar refractivity (Wildman–Crippen MR) is 88.1 cm³/mol. The standard InChI is InChI=1S/C18H23N3O2/c1-13-7-14(2)9-16(8-13)12-23-18(22)20-5-4-6-21-17(11-20)10-15(3)19-21/h7-10H,4-6,11-12H2,1-3H3. The van der Waals surface area contributed by atoms with Crippen LogP contribution in [0.5, 0.6) is 0 Å². The number of rotatable bonds is 2. The van der Waals surface area contributed by atoms with Crippen LogP contribution in [0.1, 0.15) is 34.5 Å². The van der Waals surface area contributed by atoms with Crippen molar-refractivity contribution in [3.8, 4) is 0 Å². The molecule has 0 aliphatic carbocycles. The summed E-state index contributed by atoms with van der Waals surface area (Å²) in [6.07, 6.45) is 0.642. The first-order chi connectivity index (χ1) is 11.0. The lowest BCUT2D eigenvalue weighted by Gasteiger charge is -2.19. The van der Waals surface area contributed by atoms with Crippen LogP contribution in [-0.2, 0) is 24.4 Å². The molecule has 0 N–H and O–H groups in total. The Kier molecular flexibility index (Phi) is 4.37. The molecule has 5 nitrogen and oxygen atoms in total. The lowest BCUT2D eigenvalue weighted by molar-refractivity contribution is 0.0941. The molecule has 1 aliphatic heterocycles. The van der Waals surface area contributed by atoms with Gasteiger partial charge in [0.2, 0.25) is 0 Å². The first kappa shape index (κ1) is 15.6. The van der Waals surface area contributed by atoms with Crippen LogP contribution in [0.2, 0.25) is 0 Å². The smallest absolute Gasteiger partial charge is 0.410 e. The number of carbonyl (C=O) groups excluding carboxylic acids is 1. The Labute approximate surface area is 136 Å². The molecule has 1 aromatic heterocycles. The fourth-order valence-electron chi connectivity index (χ4n) is 3.15. The van der Waals surface area contributed by atoms with Gasteiger partial charge >= 0.3 is 6.09 Å². The summed E-state index contributed by atoms with van der Waals surface area (Å²) >= 11 is 0. The molecule has 0 fully saturated rings. The van der Waals surface area contributed by atoms with Crippen LogP contribution in [0.15, 0.2) is 24.3 Å². The van der Waals surface area contributed by atoms with Crippen LogP contribution < -0.4 is 0 Å². The van der Waals surface area contributed by atoms with Crippen molar-refractivity contribution in [1.82, 2.24) is 14.7 Å². The van der Waals surface area contributed by atoms with Crippen LogP contribution in [0.4, 0.5) is 4.79 Å². The van der Waals surface area contributed by atoms with E-state index in [1.807, 2.05) is 17.7 Å². The fourth-order valence-corrected chi connectivity index (χ4v) is 3.15. The van der Waals surface area contributed by atoms with Crippen LogP contribution in [0, 0.1) is 20.8 Å². The highest BCUT2D eigenvalue weighted by molar-refractivity contribution is 5.67. The molecule has 2 aromatic rings. The van der Waals surface area contributed by atoms with E-state index < -0.39 is 0 Å². The van der Waals surface area contributed by atoms with Gasteiger partial charge in [-0.15, -0.1) is 0 Å². The molecule has 122 valence electrons. The van der Waals surface area contributed by atoms with Crippen molar-refractivity contribution >= 4 is 6.09 Å². The third-order valence-corrected chi connectivity index (χ3v) is 4.04. The number of aromatic nitrogens is 2. The Morgan fingerprint density at radius 3 is 2.61 bits per heavy atom. The number of carbonyl (C=O) groups is 1.